The van der Waals surface area contributed by atoms with Gasteiger partial charge in [-0.2, -0.15) is 0 Å². The highest BCUT2D eigenvalue weighted by atomic mass is 15.2. The lowest BCUT2D eigenvalue weighted by atomic mass is 9.33. The number of fused-ring (bicyclic) bond motifs is 11. The predicted molar refractivity (Wildman–Crippen MR) is 324 cm³/mol. The Hall–Kier alpha value is -7.76. The molecule has 0 fully saturated rings. The van der Waals surface area contributed by atoms with Crippen molar-refractivity contribution in [2.24, 2.45) is 0 Å². The van der Waals surface area contributed by atoms with Crippen molar-refractivity contribution in [2.45, 2.75) is 105 Å². The Bertz CT molecular complexity index is 4010. The molecule has 0 N–H and O–H groups in total. The van der Waals surface area contributed by atoms with Crippen LogP contribution in [0.2, 0.25) is 0 Å². The molecule has 2 aromatic heterocycles. The van der Waals surface area contributed by atoms with E-state index in [0.717, 1.165) is 28.4 Å². The van der Waals surface area contributed by atoms with Crippen molar-refractivity contribution in [1.29, 1.82) is 0 Å². The topological polar surface area (TPSA) is 16.3 Å². The fraction of sp³-hybridized carbons (Fsp3) is 0.229. The van der Waals surface area contributed by atoms with Gasteiger partial charge < -0.3 is 18.9 Å². The molecule has 0 saturated carbocycles. The standard InChI is InChI=1S/C70H67BN4/c1-67(2,3)44-25-32-49(33-26-44)72(50-34-27-45(28-35-50)68(4,5)6)52-42-61-65-62(43-52)75-60-40-39-59-63(53-21-16-17-24-57(53)73(59)48-19-14-13-15-20-48)64(60)54-22-18-23-55(66(54)75)71(65)56-41-47(70(10,11)12)31-38-58(56)74(61)51-36-29-46(30-37-51)69(7,8)9/h13-43H,1-12H3. The summed E-state index contributed by atoms with van der Waals surface area (Å²) in [5.74, 6) is 0. The van der Waals surface area contributed by atoms with E-state index in [4.69, 9.17) is 0 Å². The van der Waals surface area contributed by atoms with E-state index >= 15 is 0 Å². The van der Waals surface area contributed by atoms with Crippen LogP contribution in [0.15, 0.2) is 188 Å². The van der Waals surface area contributed by atoms with Gasteiger partial charge in [-0.05, 0) is 145 Å². The first-order valence-corrected chi connectivity index (χ1v) is 27.0. The molecule has 0 radical (unpaired) electrons. The van der Waals surface area contributed by atoms with Crippen LogP contribution in [-0.4, -0.2) is 15.8 Å². The summed E-state index contributed by atoms with van der Waals surface area (Å²) in [4.78, 5) is 5.08. The van der Waals surface area contributed by atoms with Crippen LogP contribution in [0.1, 0.15) is 105 Å². The van der Waals surface area contributed by atoms with E-state index in [-0.39, 0.29) is 28.4 Å². The van der Waals surface area contributed by atoms with E-state index < -0.39 is 0 Å². The Morgan fingerprint density at radius 2 is 0.853 bits per heavy atom. The van der Waals surface area contributed by atoms with Crippen molar-refractivity contribution in [3.05, 3.63) is 210 Å². The SMILES string of the molecule is CC(C)(C)c1ccc(N(c2ccc(C(C)(C)C)cc2)c2cc3c4c(c2)-n2c5ccc6c(c7ccccc7n6-c6ccccc6)c5c5cccc(c52)B4c2cc(C(C)(C)C)ccc2N3c2ccc(C(C)(C)C)cc2)cc1. The maximum atomic E-state index is 2.65. The van der Waals surface area contributed by atoms with Crippen LogP contribution >= 0.6 is 0 Å². The Morgan fingerprint density at radius 3 is 1.45 bits per heavy atom. The quantitative estimate of drug-likeness (QED) is 0.160. The number of aromatic nitrogens is 2. The van der Waals surface area contributed by atoms with Gasteiger partial charge in [0, 0.05) is 66.9 Å². The summed E-state index contributed by atoms with van der Waals surface area (Å²) < 4.78 is 5.11. The average molecular weight is 975 g/mol. The van der Waals surface area contributed by atoms with Gasteiger partial charge in [0.25, 0.3) is 6.71 Å². The molecule has 9 aromatic carbocycles. The van der Waals surface area contributed by atoms with E-state index in [1.807, 2.05) is 0 Å². The molecule has 4 heterocycles. The summed E-state index contributed by atoms with van der Waals surface area (Å²) in [5.41, 5.74) is 23.5. The molecule has 0 bridgehead atoms. The maximum absolute atomic E-state index is 2.65. The molecular formula is C70H67BN4. The lowest BCUT2D eigenvalue weighted by Crippen LogP contribution is -2.60. The number of rotatable bonds is 5. The van der Waals surface area contributed by atoms with Crippen LogP contribution in [-0.2, 0) is 21.7 Å². The Balaban J connectivity index is 1.18. The Kier molecular flexibility index (Phi) is 10.3. The first-order valence-electron chi connectivity index (χ1n) is 27.0. The van der Waals surface area contributed by atoms with Crippen LogP contribution in [0.3, 0.4) is 0 Å². The Labute approximate surface area is 444 Å². The monoisotopic (exact) mass is 975 g/mol. The summed E-state index contributed by atoms with van der Waals surface area (Å²) in [6.07, 6.45) is 0. The summed E-state index contributed by atoms with van der Waals surface area (Å²) in [6, 6.07) is 72.2. The number of hydrogen-bond donors (Lipinski definition) is 0. The minimum atomic E-state index is -0.0547. The molecule has 0 spiro atoms. The van der Waals surface area contributed by atoms with Crippen molar-refractivity contribution in [1.82, 2.24) is 9.13 Å². The third-order valence-corrected chi connectivity index (χ3v) is 16.5. The average Bonchev–Trinajstić information content (AvgIpc) is 3.95. The number of anilines is 6. The van der Waals surface area contributed by atoms with Crippen molar-refractivity contribution in [2.75, 3.05) is 9.80 Å². The first kappa shape index (κ1) is 47.0. The first-order chi connectivity index (χ1) is 35.8. The van der Waals surface area contributed by atoms with E-state index in [1.54, 1.807) is 0 Å². The van der Waals surface area contributed by atoms with Gasteiger partial charge in [-0.15, -0.1) is 0 Å². The number of para-hydroxylation sites is 3. The fourth-order valence-corrected chi connectivity index (χ4v) is 12.5. The lowest BCUT2D eigenvalue weighted by Gasteiger charge is -2.42. The highest BCUT2D eigenvalue weighted by molar-refractivity contribution is 7.00. The summed E-state index contributed by atoms with van der Waals surface area (Å²) in [7, 11) is 0. The van der Waals surface area contributed by atoms with Gasteiger partial charge >= 0.3 is 0 Å². The number of nitrogens with zero attached hydrogens (tertiary/aromatic N) is 4. The van der Waals surface area contributed by atoms with E-state index in [9.17, 15) is 0 Å². The van der Waals surface area contributed by atoms with Crippen LogP contribution < -0.4 is 26.2 Å². The molecule has 75 heavy (non-hydrogen) atoms. The third-order valence-electron chi connectivity index (χ3n) is 16.5. The van der Waals surface area contributed by atoms with Crippen molar-refractivity contribution >= 4 is 101 Å². The second-order valence-corrected chi connectivity index (χ2v) is 25.5. The lowest BCUT2D eigenvalue weighted by molar-refractivity contribution is 0.590. The molecule has 0 amide bonds. The zero-order valence-electron chi connectivity index (χ0n) is 45.8. The van der Waals surface area contributed by atoms with E-state index in [0.29, 0.717) is 0 Å². The fourth-order valence-electron chi connectivity index (χ4n) is 12.5. The second-order valence-electron chi connectivity index (χ2n) is 25.5. The molecular weight excluding hydrogens is 908 g/mol. The van der Waals surface area contributed by atoms with Gasteiger partial charge in [-0.3, -0.25) is 0 Å². The van der Waals surface area contributed by atoms with Crippen LogP contribution in [0.4, 0.5) is 34.1 Å². The van der Waals surface area contributed by atoms with Crippen molar-refractivity contribution < 1.29 is 0 Å². The molecule has 370 valence electrons. The van der Waals surface area contributed by atoms with Crippen molar-refractivity contribution in [3.8, 4) is 11.4 Å². The minimum Gasteiger partial charge on any atom is -0.311 e. The maximum Gasteiger partial charge on any atom is 0.252 e. The van der Waals surface area contributed by atoms with Gasteiger partial charge in [0.05, 0.1) is 22.2 Å². The summed E-state index contributed by atoms with van der Waals surface area (Å²) in [6.45, 7) is 27.7. The normalized spacial score (nSPS) is 13.5. The third kappa shape index (κ3) is 7.32. The van der Waals surface area contributed by atoms with Crippen LogP contribution in [0.25, 0.3) is 55.0 Å². The molecule has 0 aliphatic carbocycles. The molecule has 0 atom stereocenters. The van der Waals surface area contributed by atoms with Gasteiger partial charge in [-0.1, -0.05) is 186 Å². The Morgan fingerprint density at radius 1 is 0.347 bits per heavy atom. The molecule has 11 aromatic rings. The second kappa shape index (κ2) is 16.4. The van der Waals surface area contributed by atoms with Gasteiger partial charge in [0.15, 0.2) is 0 Å². The molecule has 13 rings (SSSR count). The van der Waals surface area contributed by atoms with E-state index in [2.05, 4.69) is 290 Å². The molecule has 0 saturated heterocycles. The molecule has 0 unspecified atom stereocenters. The minimum absolute atomic E-state index is 0.0130. The molecule has 2 aliphatic heterocycles. The molecule has 2 aliphatic rings. The highest BCUT2D eigenvalue weighted by Gasteiger charge is 2.43. The van der Waals surface area contributed by atoms with Gasteiger partial charge in [-0.25, -0.2) is 0 Å². The summed E-state index contributed by atoms with van der Waals surface area (Å²) in [5, 5.41) is 5.12. The number of hydrogen-bond acceptors (Lipinski definition) is 2. The van der Waals surface area contributed by atoms with Crippen molar-refractivity contribution in [3.63, 3.8) is 0 Å². The summed E-state index contributed by atoms with van der Waals surface area (Å²) >= 11 is 0. The zero-order valence-corrected chi connectivity index (χ0v) is 45.8. The molecule has 5 heteroatoms. The van der Waals surface area contributed by atoms with Gasteiger partial charge in [0.2, 0.25) is 0 Å². The predicted octanol–water partition coefficient (Wildman–Crippen LogP) is 17.2. The largest absolute Gasteiger partial charge is 0.311 e. The zero-order chi connectivity index (χ0) is 52.1. The van der Waals surface area contributed by atoms with Crippen LogP contribution in [0.5, 0.6) is 0 Å². The number of benzene rings is 9. The van der Waals surface area contributed by atoms with Gasteiger partial charge in [0.1, 0.15) is 0 Å². The van der Waals surface area contributed by atoms with E-state index in [1.165, 1.54) is 99.3 Å². The van der Waals surface area contributed by atoms with Crippen LogP contribution in [0, 0.1) is 0 Å². The molecule has 4 nitrogen and oxygen atoms in total. The smallest absolute Gasteiger partial charge is 0.252 e. The highest BCUT2D eigenvalue weighted by Crippen LogP contribution is 2.49.